The third-order valence-electron chi connectivity index (χ3n) is 6.36. The van der Waals surface area contributed by atoms with Gasteiger partial charge in [-0.2, -0.15) is 9.49 Å². The minimum atomic E-state index is -0.530. The van der Waals surface area contributed by atoms with Crippen LogP contribution in [0.3, 0.4) is 0 Å². The van der Waals surface area contributed by atoms with E-state index in [1.807, 2.05) is 13.1 Å². The summed E-state index contributed by atoms with van der Waals surface area (Å²) in [5, 5.41) is 4.35. The van der Waals surface area contributed by atoms with Crippen LogP contribution in [0.15, 0.2) is 30.6 Å². The van der Waals surface area contributed by atoms with Gasteiger partial charge >= 0.3 is 0 Å². The lowest BCUT2D eigenvalue weighted by atomic mass is 9.85. The van der Waals surface area contributed by atoms with Crippen LogP contribution in [0.1, 0.15) is 44.9 Å². The lowest BCUT2D eigenvalue weighted by Crippen LogP contribution is -2.45. The number of carbonyl (C=O) groups is 1. The maximum absolute atomic E-state index is 13.9. The molecule has 3 aromatic heterocycles. The Morgan fingerprint density at radius 3 is 2.97 bits per heavy atom. The minimum absolute atomic E-state index is 0.120. The highest BCUT2D eigenvalue weighted by Crippen LogP contribution is 2.45. The lowest BCUT2D eigenvalue weighted by Gasteiger charge is -2.43. The second-order valence-electron chi connectivity index (χ2n) is 8.18. The molecule has 0 saturated carbocycles. The molecule has 0 aromatic carbocycles. The highest BCUT2D eigenvalue weighted by molar-refractivity contribution is 7.10. The predicted molar refractivity (Wildman–Crippen MR) is 115 cm³/mol. The standard InChI is InChI=1S/C22H24FN5O2S/c1-14-16(12-26-28(14)21-17(20(24)29)3-2-7-25-21)13-27-8-5-22(6-9-27)19-15(4-10-30-22)11-18(23)31-19/h2-3,7,11-12H,4-6,8-10,13H2,1H3,(H2,24,29). The molecule has 5 rings (SSSR count). The highest BCUT2D eigenvalue weighted by atomic mass is 32.1. The van der Waals surface area contributed by atoms with Gasteiger partial charge in [-0.15, -0.1) is 11.3 Å². The molecule has 162 valence electrons. The zero-order chi connectivity index (χ0) is 21.6. The first-order valence-electron chi connectivity index (χ1n) is 10.4. The van der Waals surface area contributed by atoms with Crippen molar-refractivity contribution in [1.82, 2.24) is 19.7 Å². The molecule has 5 heterocycles. The van der Waals surface area contributed by atoms with Gasteiger partial charge in [-0.25, -0.2) is 9.67 Å². The number of primary amides is 1. The average molecular weight is 442 g/mol. The third kappa shape index (κ3) is 3.56. The minimum Gasteiger partial charge on any atom is -0.369 e. The van der Waals surface area contributed by atoms with Gasteiger partial charge in [0.25, 0.3) is 5.91 Å². The van der Waals surface area contributed by atoms with Crippen LogP contribution in [0, 0.1) is 12.1 Å². The predicted octanol–water partition coefficient (Wildman–Crippen LogP) is 2.94. The maximum atomic E-state index is 13.9. The second kappa shape index (κ2) is 7.81. The molecule has 7 nitrogen and oxygen atoms in total. The summed E-state index contributed by atoms with van der Waals surface area (Å²) in [6, 6.07) is 5.01. The number of carbonyl (C=O) groups excluding carboxylic acids is 1. The summed E-state index contributed by atoms with van der Waals surface area (Å²) < 4.78 is 21.8. The molecule has 0 atom stereocenters. The number of pyridine rings is 1. The van der Waals surface area contributed by atoms with Crippen molar-refractivity contribution in [2.45, 2.75) is 38.3 Å². The highest BCUT2D eigenvalue weighted by Gasteiger charge is 2.42. The van der Waals surface area contributed by atoms with Crippen LogP contribution in [0.25, 0.3) is 5.82 Å². The lowest BCUT2D eigenvalue weighted by molar-refractivity contribution is -0.0960. The molecule has 9 heteroatoms. The van der Waals surface area contributed by atoms with Gasteiger partial charge in [0.05, 0.1) is 18.4 Å². The monoisotopic (exact) mass is 441 g/mol. The van der Waals surface area contributed by atoms with Crippen molar-refractivity contribution >= 4 is 17.2 Å². The summed E-state index contributed by atoms with van der Waals surface area (Å²) in [5.41, 5.74) is 8.61. The topological polar surface area (TPSA) is 86.3 Å². The molecule has 1 amide bonds. The van der Waals surface area contributed by atoms with E-state index in [9.17, 15) is 9.18 Å². The van der Waals surface area contributed by atoms with Crippen LogP contribution < -0.4 is 5.73 Å². The Labute approximate surface area is 183 Å². The largest absolute Gasteiger partial charge is 0.369 e. The van der Waals surface area contributed by atoms with Gasteiger partial charge in [0.2, 0.25) is 0 Å². The Morgan fingerprint density at radius 1 is 1.39 bits per heavy atom. The number of ether oxygens (including phenoxy) is 1. The van der Waals surface area contributed by atoms with Crippen molar-refractivity contribution in [2.24, 2.45) is 5.73 Å². The summed E-state index contributed by atoms with van der Waals surface area (Å²) in [7, 11) is 0. The Bertz CT molecular complexity index is 1130. The molecule has 0 unspecified atom stereocenters. The Kier molecular flexibility index (Phi) is 5.11. The first kappa shape index (κ1) is 20.3. The number of hydrogen-bond donors (Lipinski definition) is 1. The van der Waals surface area contributed by atoms with Crippen molar-refractivity contribution in [2.75, 3.05) is 19.7 Å². The number of likely N-dealkylation sites (tertiary alicyclic amines) is 1. The fraction of sp³-hybridized carbons (Fsp3) is 0.409. The van der Waals surface area contributed by atoms with E-state index in [0.29, 0.717) is 18.0 Å². The number of thiophene rings is 1. The van der Waals surface area contributed by atoms with Crippen LogP contribution in [-0.2, 0) is 23.3 Å². The van der Waals surface area contributed by atoms with Gasteiger partial charge in [0.1, 0.15) is 5.60 Å². The zero-order valence-corrected chi connectivity index (χ0v) is 18.1. The average Bonchev–Trinajstić information content (AvgIpc) is 3.33. The van der Waals surface area contributed by atoms with Gasteiger partial charge in [-0.3, -0.25) is 9.69 Å². The number of piperidine rings is 1. The quantitative estimate of drug-likeness (QED) is 0.673. The Hall–Kier alpha value is -2.62. The summed E-state index contributed by atoms with van der Waals surface area (Å²) in [6.07, 6.45) is 5.93. The van der Waals surface area contributed by atoms with E-state index in [-0.39, 0.29) is 10.7 Å². The van der Waals surface area contributed by atoms with Crippen LogP contribution >= 0.6 is 11.3 Å². The van der Waals surface area contributed by atoms with E-state index in [4.69, 9.17) is 10.5 Å². The van der Waals surface area contributed by atoms with Crippen LogP contribution in [0.4, 0.5) is 4.39 Å². The van der Waals surface area contributed by atoms with Gasteiger partial charge < -0.3 is 10.5 Å². The molecule has 2 N–H and O–H groups in total. The molecule has 1 spiro atoms. The van der Waals surface area contributed by atoms with Crippen molar-refractivity contribution in [1.29, 1.82) is 0 Å². The van der Waals surface area contributed by atoms with Gasteiger partial charge in [0.15, 0.2) is 10.9 Å². The summed E-state index contributed by atoms with van der Waals surface area (Å²) in [4.78, 5) is 19.5. The molecule has 3 aromatic rings. The van der Waals surface area contributed by atoms with E-state index in [2.05, 4.69) is 15.0 Å². The van der Waals surface area contributed by atoms with E-state index in [0.717, 1.165) is 60.6 Å². The molecule has 0 bridgehead atoms. The van der Waals surface area contributed by atoms with Crippen molar-refractivity contribution in [3.05, 3.63) is 63.0 Å². The SMILES string of the molecule is Cc1c(CN2CCC3(CC2)OCCc2cc(F)sc23)cnn1-c1ncccc1C(N)=O. The van der Waals surface area contributed by atoms with E-state index >= 15 is 0 Å². The van der Waals surface area contributed by atoms with Crippen LogP contribution in [0.2, 0.25) is 0 Å². The maximum Gasteiger partial charge on any atom is 0.252 e. The number of nitrogens with zero attached hydrogens (tertiary/aromatic N) is 4. The van der Waals surface area contributed by atoms with Crippen molar-refractivity contribution in [3.63, 3.8) is 0 Å². The molecule has 0 radical (unpaired) electrons. The third-order valence-corrected chi connectivity index (χ3v) is 7.52. The van der Waals surface area contributed by atoms with Gasteiger partial charge in [-0.05, 0) is 49.9 Å². The summed E-state index contributed by atoms with van der Waals surface area (Å²) in [6.45, 7) is 5.09. The molecule has 1 fully saturated rings. The zero-order valence-electron chi connectivity index (χ0n) is 17.3. The Balaban J connectivity index is 1.32. The summed E-state index contributed by atoms with van der Waals surface area (Å²) >= 11 is 1.24. The number of fused-ring (bicyclic) bond motifs is 2. The number of hydrogen-bond acceptors (Lipinski definition) is 6. The molecule has 2 aliphatic rings. The molecule has 1 saturated heterocycles. The number of aromatic nitrogens is 3. The molecule has 0 aliphatic carbocycles. The number of nitrogens with two attached hydrogens (primary N) is 1. The molecular formula is C22H24FN5O2S. The first-order chi connectivity index (χ1) is 15.0. The van der Waals surface area contributed by atoms with Crippen LogP contribution in [0.5, 0.6) is 0 Å². The number of amides is 1. The molecule has 31 heavy (non-hydrogen) atoms. The molecule has 2 aliphatic heterocycles. The van der Waals surface area contributed by atoms with Crippen molar-refractivity contribution < 1.29 is 13.9 Å². The number of halogens is 1. The van der Waals surface area contributed by atoms with Crippen LogP contribution in [-0.4, -0.2) is 45.3 Å². The fourth-order valence-electron chi connectivity index (χ4n) is 4.64. The van der Waals surface area contributed by atoms with E-state index in [1.165, 1.54) is 11.3 Å². The normalized spacial score (nSPS) is 18.3. The second-order valence-corrected chi connectivity index (χ2v) is 9.18. The van der Waals surface area contributed by atoms with Crippen molar-refractivity contribution in [3.8, 4) is 5.82 Å². The van der Waals surface area contributed by atoms with E-state index < -0.39 is 5.91 Å². The fourth-order valence-corrected chi connectivity index (χ4v) is 5.78. The number of rotatable bonds is 4. The smallest absolute Gasteiger partial charge is 0.252 e. The summed E-state index contributed by atoms with van der Waals surface area (Å²) in [5.74, 6) is -0.0862. The van der Waals surface area contributed by atoms with E-state index in [1.54, 1.807) is 29.1 Å². The first-order valence-corrected chi connectivity index (χ1v) is 11.2. The molecular weight excluding hydrogens is 417 g/mol. The Morgan fingerprint density at radius 2 is 2.19 bits per heavy atom. The van der Waals surface area contributed by atoms with Gasteiger partial charge in [-0.1, -0.05) is 0 Å². The van der Waals surface area contributed by atoms with Gasteiger partial charge in [0, 0.05) is 42.0 Å².